The van der Waals surface area contributed by atoms with Gasteiger partial charge in [0.2, 0.25) is 5.91 Å². The van der Waals surface area contributed by atoms with E-state index >= 15 is 0 Å². The van der Waals surface area contributed by atoms with Gasteiger partial charge in [-0.15, -0.1) is 0 Å². The third kappa shape index (κ3) is 2.73. The lowest BCUT2D eigenvalue weighted by Crippen LogP contribution is -2.54. The second-order valence-corrected chi connectivity index (χ2v) is 9.03. The van der Waals surface area contributed by atoms with Crippen LogP contribution in [0.3, 0.4) is 0 Å². The van der Waals surface area contributed by atoms with Gasteiger partial charge in [0.25, 0.3) is 0 Å². The molecule has 0 aliphatic heterocycles. The molecule has 6 rings (SSSR count). The summed E-state index contributed by atoms with van der Waals surface area (Å²) in [6, 6.07) is 14.2. The van der Waals surface area contributed by atoms with Gasteiger partial charge in [-0.3, -0.25) is 4.79 Å². The average Bonchev–Trinajstić information content (AvgIpc) is 2.64. The molecule has 4 saturated carbocycles. The topological polar surface area (TPSA) is 49.3 Å². The first-order chi connectivity index (χ1) is 12.6. The molecule has 136 valence electrons. The Labute approximate surface area is 154 Å². The van der Waals surface area contributed by atoms with Gasteiger partial charge in [-0.05, 0) is 78.7 Å². The summed E-state index contributed by atoms with van der Waals surface area (Å²) in [5, 5.41) is 16.0. The summed E-state index contributed by atoms with van der Waals surface area (Å²) < 4.78 is 0. The maximum atomic E-state index is 13.0. The number of nitrogens with one attached hydrogen (secondary N) is 1. The number of rotatable bonds is 4. The second kappa shape index (κ2) is 6.09. The molecule has 1 unspecified atom stereocenters. The van der Waals surface area contributed by atoms with E-state index in [1.807, 2.05) is 30.3 Å². The minimum Gasteiger partial charge on any atom is -0.387 e. The van der Waals surface area contributed by atoms with Gasteiger partial charge in [-0.2, -0.15) is 0 Å². The minimum absolute atomic E-state index is 0.141. The Balaban J connectivity index is 1.27. The van der Waals surface area contributed by atoms with Crippen molar-refractivity contribution in [2.45, 2.75) is 44.6 Å². The van der Waals surface area contributed by atoms with Crippen LogP contribution in [0, 0.1) is 23.2 Å². The fourth-order valence-corrected chi connectivity index (χ4v) is 6.30. The van der Waals surface area contributed by atoms with Crippen LogP contribution in [0.5, 0.6) is 0 Å². The summed E-state index contributed by atoms with van der Waals surface area (Å²) >= 11 is 0. The zero-order valence-electron chi connectivity index (χ0n) is 15.2. The van der Waals surface area contributed by atoms with Crippen molar-refractivity contribution in [3.8, 4) is 0 Å². The molecule has 26 heavy (non-hydrogen) atoms. The predicted octanol–water partition coefficient (Wildman–Crippen LogP) is 4.21. The molecule has 3 nitrogen and oxygen atoms in total. The molecule has 3 heteroatoms. The van der Waals surface area contributed by atoms with E-state index in [1.165, 1.54) is 24.6 Å². The monoisotopic (exact) mass is 349 g/mol. The molecule has 2 aromatic rings. The van der Waals surface area contributed by atoms with Crippen LogP contribution in [-0.4, -0.2) is 17.6 Å². The first-order valence-corrected chi connectivity index (χ1v) is 10.1. The Morgan fingerprint density at radius 3 is 2.27 bits per heavy atom. The molecule has 2 N–H and O–H groups in total. The summed E-state index contributed by atoms with van der Waals surface area (Å²) in [6.07, 6.45) is 6.56. The molecule has 0 heterocycles. The molecule has 4 aliphatic carbocycles. The van der Waals surface area contributed by atoms with Crippen LogP contribution >= 0.6 is 0 Å². The summed E-state index contributed by atoms with van der Waals surface area (Å²) in [5.74, 6) is 2.48. The predicted molar refractivity (Wildman–Crippen MR) is 103 cm³/mol. The highest BCUT2D eigenvalue weighted by molar-refractivity contribution is 5.84. The second-order valence-electron chi connectivity index (χ2n) is 9.03. The molecule has 1 amide bonds. The highest BCUT2D eigenvalue weighted by Crippen LogP contribution is 2.60. The third-order valence-electron chi connectivity index (χ3n) is 7.13. The highest BCUT2D eigenvalue weighted by atomic mass is 16.3. The number of hydrogen-bond donors (Lipinski definition) is 2. The van der Waals surface area contributed by atoms with Crippen molar-refractivity contribution >= 4 is 16.7 Å². The molecule has 4 bridgehead atoms. The maximum Gasteiger partial charge on any atom is 0.226 e. The van der Waals surface area contributed by atoms with Crippen molar-refractivity contribution in [1.82, 2.24) is 5.32 Å². The third-order valence-corrected chi connectivity index (χ3v) is 7.13. The van der Waals surface area contributed by atoms with Gasteiger partial charge in [0, 0.05) is 12.0 Å². The van der Waals surface area contributed by atoms with Gasteiger partial charge >= 0.3 is 0 Å². The SMILES string of the molecule is O=C(NCC(O)c1ccc2ccccc2c1)C12CC3CC(CC(C3)C1)C2. The number of amides is 1. The lowest BCUT2D eigenvalue weighted by molar-refractivity contribution is -0.146. The fraction of sp³-hybridized carbons (Fsp3) is 0.522. The van der Waals surface area contributed by atoms with E-state index in [-0.39, 0.29) is 11.3 Å². The summed E-state index contributed by atoms with van der Waals surface area (Å²) in [5.41, 5.74) is 0.729. The van der Waals surface area contributed by atoms with E-state index in [0.29, 0.717) is 6.54 Å². The van der Waals surface area contributed by atoms with E-state index in [2.05, 4.69) is 17.4 Å². The Bertz CT molecular complexity index is 808. The largest absolute Gasteiger partial charge is 0.387 e. The number of hydrogen-bond acceptors (Lipinski definition) is 2. The lowest BCUT2D eigenvalue weighted by Gasteiger charge is -2.55. The normalized spacial score (nSPS) is 33.3. The van der Waals surface area contributed by atoms with Gasteiger partial charge in [0.1, 0.15) is 0 Å². The van der Waals surface area contributed by atoms with Crippen molar-refractivity contribution < 1.29 is 9.90 Å². The fourth-order valence-electron chi connectivity index (χ4n) is 6.30. The minimum atomic E-state index is -0.655. The number of aliphatic hydroxyl groups excluding tert-OH is 1. The van der Waals surface area contributed by atoms with E-state index in [9.17, 15) is 9.90 Å². The number of benzene rings is 2. The number of aliphatic hydroxyl groups is 1. The van der Waals surface area contributed by atoms with Crippen molar-refractivity contribution in [3.05, 3.63) is 48.0 Å². The van der Waals surface area contributed by atoms with Crippen molar-refractivity contribution in [3.63, 3.8) is 0 Å². The maximum absolute atomic E-state index is 13.0. The summed E-state index contributed by atoms with van der Waals surface area (Å²) in [7, 11) is 0. The molecule has 0 aromatic heterocycles. The first-order valence-electron chi connectivity index (χ1n) is 10.1. The summed E-state index contributed by atoms with van der Waals surface area (Å²) in [4.78, 5) is 13.0. The molecule has 0 spiro atoms. The van der Waals surface area contributed by atoms with Crippen LogP contribution in [-0.2, 0) is 4.79 Å². The smallest absolute Gasteiger partial charge is 0.226 e. The number of carbonyl (C=O) groups excluding carboxylic acids is 1. The Hall–Kier alpha value is -1.87. The zero-order valence-corrected chi connectivity index (χ0v) is 15.2. The van der Waals surface area contributed by atoms with Crippen molar-refractivity contribution in [1.29, 1.82) is 0 Å². The first kappa shape index (κ1) is 16.3. The van der Waals surface area contributed by atoms with Crippen LogP contribution < -0.4 is 5.32 Å². The molecule has 1 atom stereocenters. The molecule has 0 saturated heterocycles. The van der Waals surface area contributed by atoms with E-state index < -0.39 is 6.10 Å². The Morgan fingerprint density at radius 2 is 1.62 bits per heavy atom. The molecule has 4 aliphatic rings. The molecule has 4 fully saturated rings. The average molecular weight is 349 g/mol. The molecule has 0 radical (unpaired) electrons. The number of carbonyl (C=O) groups is 1. The van der Waals surface area contributed by atoms with Gasteiger partial charge in [-0.25, -0.2) is 0 Å². The Kier molecular flexibility index (Phi) is 3.82. The van der Waals surface area contributed by atoms with E-state index in [1.54, 1.807) is 0 Å². The van der Waals surface area contributed by atoms with Crippen LogP contribution in [0.25, 0.3) is 10.8 Å². The standard InChI is InChI=1S/C23H27NO2/c25-21(20-6-5-18-3-1-2-4-19(18)10-20)14-24-22(26)23-11-15-7-16(12-23)9-17(8-15)13-23/h1-6,10,15-17,21,25H,7-9,11-14H2,(H,24,26). The molecule has 2 aromatic carbocycles. The summed E-state index contributed by atoms with van der Waals surface area (Å²) in [6.45, 7) is 0.304. The molecular formula is C23H27NO2. The quantitative estimate of drug-likeness (QED) is 0.869. The van der Waals surface area contributed by atoms with Gasteiger partial charge in [0.05, 0.1) is 6.10 Å². The lowest BCUT2D eigenvalue weighted by atomic mass is 9.49. The highest BCUT2D eigenvalue weighted by Gasteiger charge is 2.54. The van der Waals surface area contributed by atoms with Gasteiger partial charge in [0.15, 0.2) is 0 Å². The van der Waals surface area contributed by atoms with Crippen LogP contribution in [0.4, 0.5) is 0 Å². The van der Waals surface area contributed by atoms with Crippen LogP contribution in [0.1, 0.15) is 50.2 Å². The van der Waals surface area contributed by atoms with Crippen LogP contribution in [0.2, 0.25) is 0 Å². The zero-order chi connectivity index (χ0) is 17.7. The van der Waals surface area contributed by atoms with Crippen LogP contribution in [0.15, 0.2) is 42.5 Å². The van der Waals surface area contributed by atoms with Crippen molar-refractivity contribution in [2.75, 3.05) is 6.54 Å². The van der Waals surface area contributed by atoms with E-state index in [0.717, 1.165) is 48.0 Å². The van der Waals surface area contributed by atoms with E-state index in [4.69, 9.17) is 0 Å². The number of fused-ring (bicyclic) bond motifs is 1. The van der Waals surface area contributed by atoms with Gasteiger partial charge < -0.3 is 10.4 Å². The van der Waals surface area contributed by atoms with Gasteiger partial charge in [-0.1, -0.05) is 36.4 Å². The van der Waals surface area contributed by atoms with Crippen molar-refractivity contribution in [2.24, 2.45) is 23.2 Å². The molecular weight excluding hydrogens is 322 g/mol. The Morgan fingerprint density at radius 1 is 1.00 bits per heavy atom.